The van der Waals surface area contributed by atoms with Crippen LogP contribution in [-0.4, -0.2) is 59.5 Å². The summed E-state index contributed by atoms with van der Waals surface area (Å²) in [5.74, 6) is 0.940. The Morgan fingerprint density at radius 2 is 1.28 bits per heavy atom. The van der Waals surface area contributed by atoms with Crippen molar-refractivity contribution in [3.63, 3.8) is 0 Å². The van der Waals surface area contributed by atoms with Gasteiger partial charge in [0, 0.05) is 0 Å². The molecule has 3 atom stereocenters. The standard InChI is InChI=1S/C40H63NO8Si/c1-27(2)50(28(3)4,29(5)6)49-37(30(7)47-26-32-19-23-35(45-12)24-20-32)33(25-31-17-21-34(44-11)22-18-31)15-14-16-36(38(42)46-13)41-39(43)48-40(8,9)10/h16-24,27-30,33,37H,14-15,25-26H2,1-13H3,(H,41,43)/b36-16-/t30-,33+,37-/m0/s1. The van der Waals surface area contributed by atoms with Crippen LogP contribution in [0.5, 0.6) is 11.5 Å². The highest BCUT2D eigenvalue weighted by Crippen LogP contribution is 2.45. The average molecular weight is 714 g/mol. The number of ether oxygens (including phenoxy) is 5. The number of hydrogen-bond acceptors (Lipinski definition) is 8. The molecule has 0 heterocycles. The van der Waals surface area contributed by atoms with Crippen LogP contribution in [0.25, 0.3) is 0 Å². The maximum absolute atomic E-state index is 12.7. The molecule has 0 aliphatic rings. The molecule has 10 heteroatoms. The van der Waals surface area contributed by atoms with Gasteiger partial charge in [-0.25, -0.2) is 9.59 Å². The van der Waals surface area contributed by atoms with E-state index in [1.807, 2.05) is 36.4 Å². The van der Waals surface area contributed by atoms with Gasteiger partial charge in [0.1, 0.15) is 22.8 Å². The third-order valence-electron chi connectivity index (χ3n) is 9.23. The van der Waals surface area contributed by atoms with Crippen LogP contribution in [0.15, 0.2) is 60.3 Å². The number of allylic oxidation sites excluding steroid dienone is 1. The fourth-order valence-corrected chi connectivity index (χ4v) is 12.5. The molecule has 0 saturated heterocycles. The zero-order chi connectivity index (χ0) is 37.6. The molecule has 280 valence electrons. The summed E-state index contributed by atoms with van der Waals surface area (Å²) in [6, 6.07) is 16.0. The molecule has 0 saturated carbocycles. The van der Waals surface area contributed by atoms with Gasteiger partial charge in [-0.05, 0) is 105 Å². The second-order valence-electron chi connectivity index (χ2n) is 14.9. The number of carbonyl (C=O) groups is 2. The zero-order valence-electron chi connectivity index (χ0n) is 32.8. The molecular formula is C40H63NO8Si. The van der Waals surface area contributed by atoms with Crippen LogP contribution in [0.1, 0.15) is 93.2 Å². The minimum atomic E-state index is -2.38. The van der Waals surface area contributed by atoms with Crippen molar-refractivity contribution in [2.45, 2.75) is 130 Å². The molecule has 50 heavy (non-hydrogen) atoms. The Hall–Kier alpha value is -3.34. The summed E-state index contributed by atoms with van der Waals surface area (Å²) >= 11 is 0. The Balaban J connectivity index is 2.58. The number of benzene rings is 2. The summed E-state index contributed by atoms with van der Waals surface area (Å²) in [6.07, 6.45) is 2.33. The molecule has 1 amide bonds. The van der Waals surface area contributed by atoms with Crippen LogP contribution in [0.4, 0.5) is 4.79 Å². The first-order valence-electron chi connectivity index (χ1n) is 17.8. The second kappa shape index (κ2) is 19.9. The van der Waals surface area contributed by atoms with Gasteiger partial charge in [0.15, 0.2) is 0 Å². The zero-order valence-corrected chi connectivity index (χ0v) is 33.8. The van der Waals surface area contributed by atoms with E-state index in [4.69, 9.17) is 28.1 Å². The number of rotatable bonds is 19. The fourth-order valence-electron chi connectivity index (χ4n) is 6.86. The smallest absolute Gasteiger partial charge is 0.412 e. The maximum atomic E-state index is 12.7. The average Bonchev–Trinajstić information content (AvgIpc) is 3.05. The van der Waals surface area contributed by atoms with E-state index in [1.165, 1.54) is 7.11 Å². The van der Waals surface area contributed by atoms with Crippen molar-refractivity contribution in [3.05, 3.63) is 71.4 Å². The minimum absolute atomic E-state index is 0.00550. The highest BCUT2D eigenvalue weighted by molar-refractivity contribution is 6.77. The summed E-state index contributed by atoms with van der Waals surface area (Å²) in [5.41, 5.74) is 2.60. The van der Waals surface area contributed by atoms with E-state index < -0.39 is 26.0 Å². The summed E-state index contributed by atoms with van der Waals surface area (Å²) in [5, 5.41) is 2.60. The monoisotopic (exact) mass is 713 g/mol. The van der Waals surface area contributed by atoms with Gasteiger partial charge in [0.05, 0.1) is 40.1 Å². The van der Waals surface area contributed by atoms with Crippen LogP contribution in [0, 0.1) is 5.92 Å². The molecule has 0 spiro atoms. The number of carbonyl (C=O) groups excluding carboxylic acids is 2. The molecule has 0 aromatic heterocycles. The predicted octanol–water partition coefficient (Wildman–Crippen LogP) is 9.39. The van der Waals surface area contributed by atoms with E-state index in [0.29, 0.717) is 42.5 Å². The second-order valence-corrected chi connectivity index (χ2v) is 20.3. The molecule has 2 aromatic carbocycles. The van der Waals surface area contributed by atoms with E-state index in [2.05, 4.69) is 65.9 Å². The molecule has 0 radical (unpaired) electrons. The Labute approximate surface area is 302 Å². The third-order valence-corrected chi connectivity index (χ3v) is 15.3. The van der Waals surface area contributed by atoms with E-state index in [0.717, 1.165) is 22.6 Å². The lowest BCUT2D eigenvalue weighted by molar-refractivity contribution is -0.136. The Morgan fingerprint density at radius 1 is 0.780 bits per heavy atom. The first kappa shape index (κ1) is 42.8. The van der Waals surface area contributed by atoms with Gasteiger partial charge < -0.3 is 28.1 Å². The van der Waals surface area contributed by atoms with Gasteiger partial charge in [-0.2, -0.15) is 0 Å². The number of amides is 1. The lowest BCUT2D eigenvalue weighted by Gasteiger charge is -2.47. The largest absolute Gasteiger partial charge is 0.497 e. The molecular weight excluding hydrogens is 651 g/mol. The Morgan fingerprint density at radius 3 is 1.72 bits per heavy atom. The number of nitrogens with one attached hydrogen (secondary N) is 1. The van der Waals surface area contributed by atoms with Gasteiger partial charge >= 0.3 is 12.1 Å². The van der Waals surface area contributed by atoms with Gasteiger partial charge in [0.2, 0.25) is 8.32 Å². The topological polar surface area (TPSA) is 102 Å². The third kappa shape index (κ3) is 12.8. The summed E-state index contributed by atoms with van der Waals surface area (Å²) in [6.45, 7) is 21.6. The SMILES string of the molecule is COC(=O)/C(=C/CC[C@H](Cc1ccc(OC)cc1)[C@@H](O[Si](C(C)C)(C(C)C)C(C)C)[C@H](C)OCc1ccc(OC)cc1)NC(=O)OC(C)(C)C. The lowest BCUT2D eigenvalue weighted by Crippen LogP contribution is -2.54. The number of esters is 1. The van der Waals surface area contributed by atoms with Crippen LogP contribution < -0.4 is 14.8 Å². The molecule has 0 aliphatic heterocycles. The van der Waals surface area contributed by atoms with Crippen LogP contribution in [-0.2, 0) is 36.5 Å². The molecule has 2 aromatic rings. The van der Waals surface area contributed by atoms with E-state index >= 15 is 0 Å². The maximum Gasteiger partial charge on any atom is 0.412 e. The van der Waals surface area contributed by atoms with Gasteiger partial charge in [-0.1, -0.05) is 71.9 Å². The van der Waals surface area contributed by atoms with Gasteiger partial charge in [-0.3, -0.25) is 5.32 Å². The quantitative estimate of drug-likeness (QED) is 0.0873. The molecule has 1 N–H and O–H groups in total. The predicted molar refractivity (Wildman–Crippen MR) is 202 cm³/mol. The van der Waals surface area contributed by atoms with E-state index in [1.54, 1.807) is 41.1 Å². The van der Waals surface area contributed by atoms with E-state index in [-0.39, 0.29) is 23.8 Å². The first-order valence-corrected chi connectivity index (χ1v) is 19.9. The molecule has 0 bridgehead atoms. The minimum Gasteiger partial charge on any atom is -0.497 e. The van der Waals surface area contributed by atoms with Crippen molar-refractivity contribution in [1.29, 1.82) is 0 Å². The van der Waals surface area contributed by atoms with Crippen molar-refractivity contribution >= 4 is 20.4 Å². The van der Waals surface area contributed by atoms with Crippen molar-refractivity contribution in [2.75, 3.05) is 21.3 Å². The fraction of sp³-hybridized carbons (Fsp3) is 0.600. The Bertz CT molecular complexity index is 1330. The van der Waals surface area contributed by atoms with E-state index in [9.17, 15) is 9.59 Å². The van der Waals surface area contributed by atoms with Gasteiger partial charge in [-0.15, -0.1) is 0 Å². The van der Waals surface area contributed by atoms with Crippen molar-refractivity contribution < 1.29 is 37.7 Å². The van der Waals surface area contributed by atoms with Crippen LogP contribution in [0.2, 0.25) is 16.6 Å². The Kier molecular flexibility index (Phi) is 17.0. The summed E-state index contributed by atoms with van der Waals surface area (Å²) in [4.78, 5) is 25.4. The number of alkyl carbamates (subject to hydrolysis) is 1. The number of hydrogen-bond donors (Lipinski definition) is 1. The molecule has 0 aliphatic carbocycles. The lowest BCUT2D eigenvalue weighted by atomic mass is 9.87. The number of methoxy groups -OCH3 is 3. The highest BCUT2D eigenvalue weighted by atomic mass is 28.4. The summed E-state index contributed by atoms with van der Waals surface area (Å²) in [7, 11) is 2.23. The highest BCUT2D eigenvalue weighted by Gasteiger charge is 2.48. The van der Waals surface area contributed by atoms with Gasteiger partial charge in [0.25, 0.3) is 0 Å². The van der Waals surface area contributed by atoms with Crippen LogP contribution >= 0.6 is 0 Å². The normalized spacial score (nSPS) is 14.4. The van der Waals surface area contributed by atoms with Crippen molar-refractivity contribution in [2.24, 2.45) is 5.92 Å². The molecule has 0 fully saturated rings. The molecule has 9 nitrogen and oxygen atoms in total. The van der Waals surface area contributed by atoms with Crippen molar-refractivity contribution in [3.8, 4) is 11.5 Å². The van der Waals surface area contributed by atoms with Crippen LogP contribution in [0.3, 0.4) is 0 Å². The summed E-state index contributed by atoms with van der Waals surface area (Å²) < 4.78 is 35.5. The van der Waals surface area contributed by atoms with Crippen molar-refractivity contribution in [1.82, 2.24) is 5.32 Å². The first-order chi connectivity index (χ1) is 23.5. The molecule has 0 unspecified atom stereocenters. The molecule has 2 rings (SSSR count).